The summed E-state index contributed by atoms with van der Waals surface area (Å²) < 4.78 is 28.7. The van der Waals surface area contributed by atoms with Crippen LogP contribution in [0.15, 0.2) is 53.4 Å². The van der Waals surface area contributed by atoms with Crippen LogP contribution >= 0.6 is 46.4 Å². The van der Waals surface area contributed by atoms with Crippen LogP contribution in [0.1, 0.15) is 27.8 Å². The Morgan fingerprint density at radius 3 is 2.11 bits per heavy atom. The summed E-state index contributed by atoms with van der Waals surface area (Å²) >= 11 is 24.3. The van der Waals surface area contributed by atoms with E-state index in [1.165, 1.54) is 0 Å². The Morgan fingerprint density at radius 1 is 0.857 bits per heavy atom. The maximum Gasteiger partial charge on any atom is 0.244 e. The molecule has 1 amide bonds. The number of nitrogens with one attached hydrogen (secondary N) is 1. The van der Waals surface area contributed by atoms with Crippen molar-refractivity contribution in [3.05, 3.63) is 96.4 Å². The third-order valence-electron chi connectivity index (χ3n) is 5.36. The zero-order valence-electron chi connectivity index (χ0n) is 19.3. The molecule has 0 saturated heterocycles. The molecule has 186 valence electrons. The number of hydrogen-bond donors (Lipinski definition) is 1. The zero-order valence-corrected chi connectivity index (χ0v) is 23.2. The number of carbonyl (C=O) groups excluding carboxylic acids is 1. The SMILES string of the molecule is Cc1cc(C)c(S(=O)(=O)N(CC(=O)NCc2ccc(Cl)cc2Cl)Cc2ccc(Cl)c(Cl)c2)c(C)c1. The molecule has 0 aliphatic rings. The van der Waals surface area contributed by atoms with E-state index >= 15 is 0 Å². The summed E-state index contributed by atoms with van der Waals surface area (Å²) in [6.07, 6.45) is 0. The highest BCUT2D eigenvalue weighted by atomic mass is 35.5. The molecule has 0 saturated carbocycles. The molecule has 0 aromatic heterocycles. The Morgan fingerprint density at radius 2 is 1.51 bits per heavy atom. The number of sulfonamides is 1. The molecule has 3 rings (SSSR count). The van der Waals surface area contributed by atoms with Crippen molar-refractivity contribution in [1.29, 1.82) is 0 Å². The van der Waals surface area contributed by atoms with Crippen LogP contribution in [0.2, 0.25) is 20.1 Å². The van der Waals surface area contributed by atoms with E-state index in [0.717, 1.165) is 9.87 Å². The summed E-state index contributed by atoms with van der Waals surface area (Å²) in [6.45, 7) is 5.04. The van der Waals surface area contributed by atoms with Crippen molar-refractivity contribution in [3.8, 4) is 0 Å². The van der Waals surface area contributed by atoms with Gasteiger partial charge >= 0.3 is 0 Å². The molecular weight excluding hydrogens is 550 g/mol. The first-order chi connectivity index (χ1) is 16.4. The molecule has 0 heterocycles. The summed E-state index contributed by atoms with van der Waals surface area (Å²) in [5, 5.41) is 4.28. The van der Waals surface area contributed by atoms with Gasteiger partial charge in [-0.25, -0.2) is 8.42 Å². The van der Waals surface area contributed by atoms with E-state index in [9.17, 15) is 13.2 Å². The van der Waals surface area contributed by atoms with Crippen molar-refractivity contribution in [1.82, 2.24) is 9.62 Å². The average molecular weight is 574 g/mol. The van der Waals surface area contributed by atoms with Crippen LogP contribution in [0.5, 0.6) is 0 Å². The fraction of sp³-hybridized carbons (Fsp3) is 0.240. The summed E-state index contributed by atoms with van der Waals surface area (Å²) in [6, 6.07) is 13.4. The van der Waals surface area contributed by atoms with Gasteiger partial charge in [-0.05, 0) is 67.3 Å². The number of benzene rings is 3. The van der Waals surface area contributed by atoms with Crippen LogP contribution in [0.25, 0.3) is 0 Å². The summed E-state index contributed by atoms with van der Waals surface area (Å²) in [5.41, 5.74) is 3.42. The number of nitrogens with zero attached hydrogens (tertiary/aromatic N) is 1. The lowest BCUT2D eigenvalue weighted by atomic mass is 10.1. The minimum Gasteiger partial charge on any atom is -0.351 e. The van der Waals surface area contributed by atoms with Crippen molar-refractivity contribution in [2.24, 2.45) is 0 Å². The van der Waals surface area contributed by atoms with Gasteiger partial charge in [-0.15, -0.1) is 0 Å². The van der Waals surface area contributed by atoms with E-state index in [1.807, 2.05) is 6.92 Å². The standard InChI is InChI=1S/C25H24Cl4N2O3S/c1-15-8-16(2)25(17(3)9-15)35(33,34)31(13-18-4-7-21(27)23(29)10-18)14-24(32)30-12-19-5-6-20(26)11-22(19)28/h4-11H,12-14H2,1-3H3,(H,30,32). The molecule has 3 aromatic carbocycles. The van der Waals surface area contributed by atoms with Gasteiger partial charge in [-0.2, -0.15) is 4.31 Å². The van der Waals surface area contributed by atoms with E-state index in [-0.39, 0.29) is 18.0 Å². The van der Waals surface area contributed by atoms with E-state index < -0.39 is 22.5 Å². The third kappa shape index (κ3) is 6.91. The minimum absolute atomic E-state index is 0.0684. The maximum absolute atomic E-state index is 13.8. The number of carbonyl (C=O) groups is 1. The highest BCUT2D eigenvalue weighted by molar-refractivity contribution is 7.89. The first-order valence-corrected chi connectivity index (χ1v) is 13.6. The van der Waals surface area contributed by atoms with Gasteiger partial charge in [-0.1, -0.05) is 76.2 Å². The van der Waals surface area contributed by atoms with E-state index in [0.29, 0.717) is 42.3 Å². The molecule has 0 aliphatic heterocycles. The van der Waals surface area contributed by atoms with Crippen LogP contribution < -0.4 is 5.32 Å². The number of halogens is 4. The van der Waals surface area contributed by atoms with Crippen molar-refractivity contribution in [2.45, 2.75) is 38.8 Å². The molecule has 0 spiro atoms. The smallest absolute Gasteiger partial charge is 0.244 e. The van der Waals surface area contributed by atoms with Gasteiger partial charge in [0.2, 0.25) is 15.9 Å². The Balaban J connectivity index is 1.91. The van der Waals surface area contributed by atoms with Gasteiger partial charge in [-0.3, -0.25) is 4.79 Å². The van der Waals surface area contributed by atoms with Crippen molar-refractivity contribution in [3.63, 3.8) is 0 Å². The second-order valence-electron chi connectivity index (χ2n) is 8.26. The van der Waals surface area contributed by atoms with Crippen molar-refractivity contribution >= 4 is 62.3 Å². The number of hydrogen-bond acceptors (Lipinski definition) is 3. The number of aryl methyl sites for hydroxylation is 3. The molecule has 0 unspecified atom stereocenters. The molecule has 0 bridgehead atoms. The molecule has 1 N–H and O–H groups in total. The highest BCUT2D eigenvalue weighted by Gasteiger charge is 2.30. The maximum atomic E-state index is 13.8. The topological polar surface area (TPSA) is 66.5 Å². The normalized spacial score (nSPS) is 11.7. The van der Waals surface area contributed by atoms with Gasteiger partial charge in [0.1, 0.15) is 0 Å². The monoisotopic (exact) mass is 572 g/mol. The van der Waals surface area contributed by atoms with Crippen LogP contribution in [-0.4, -0.2) is 25.2 Å². The summed E-state index contributed by atoms with van der Waals surface area (Å²) in [7, 11) is -4.04. The molecule has 0 fully saturated rings. The van der Waals surface area contributed by atoms with E-state index in [4.69, 9.17) is 46.4 Å². The van der Waals surface area contributed by atoms with Crippen LogP contribution in [-0.2, 0) is 27.9 Å². The first kappa shape index (κ1) is 27.8. The van der Waals surface area contributed by atoms with Gasteiger partial charge in [0.25, 0.3) is 0 Å². The molecule has 10 heteroatoms. The van der Waals surface area contributed by atoms with Gasteiger partial charge in [0.05, 0.1) is 21.5 Å². The van der Waals surface area contributed by atoms with E-state index in [2.05, 4.69) is 5.32 Å². The van der Waals surface area contributed by atoms with Gasteiger partial charge < -0.3 is 5.32 Å². The molecule has 35 heavy (non-hydrogen) atoms. The summed E-state index contributed by atoms with van der Waals surface area (Å²) in [4.78, 5) is 13.1. The third-order valence-corrected chi connectivity index (χ3v) is 8.78. The average Bonchev–Trinajstić information content (AvgIpc) is 2.74. The van der Waals surface area contributed by atoms with Crippen LogP contribution in [0, 0.1) is 20.8 Å². The van der Waals surface area contributed by atoms with Gasteiger partial charge in [0, 0.05) is 23.1 Å². The second kappa shape index (κ2) is 11.5. The summed E-state index contributed by atoms with van der Waals surface area (Å²) in [5.74, 6) is -0.484. The fourth-order valence-electron chi connectivity index (χ4n) is 3.85. The Labute approximate surface area is 226 Å². The van der Waals surface area contributed by atoms with Gasteiger partial charge in [0.15, 0.2) is 0 Å². The molecule has 3 aromatic rings. The van der Waals surface area contributed by atoms with Crippen LogP contribution in [0.3, 0.4) is 0 Å². The molecular formula is C25H24Cl4N2O3S. The second-order valence-corrected chi connectivity index (χ2v) is 11.8. The molecule has 0 radical (unpaired) electrons. The predicted octanol–water partition coefficient (Wildman–Crippen LogP) is 6.73. The lowest BCUT2D eigenvalue weighted by molar-refractivity contribution is -0.121. The lowest BCUT2D eigenvalue weighted by Crippen LogP contribution is -2.40. The quantitative estimate of drug-likeness (QED) is 0.325. The van der Waals surface area contributed by atoms with Crippen molar-refractivity contribution < 1.29 is 13.2 Å². The zero-order chi connectivity index (χ0) is 25.9. The Hall–Kier alpha value is -1.80. The first-order valence-electron chi connectivity index (χ1n) is 10.6. The lowest BCUT2D eigenvalue weighted by Gasteiger charge is -2.24. The highest BCUT2D eigenvalue weighted by Crippen LogP contribution is 2.28. The Bertz CT molecular complexity index is 1350. The van der Waals surface area contributed by atoms with Crippen LogP contribution in [0.4, 0.5) is 0 Å². The molecule has 5 nitrogen and oxygen atoms in total. The van der Waals surface area contributed by atoms with E-state index in [1.54, 1.807) is 62.4 Å². The minimum atomic E-state index is -4.04. The number of rotatable bonds is 8. The van der Waals surface area contributed by atoms with Crippen molar-refractivity contribution in [2.75, 3.05) is 6.54 Å². The predicted molar refractivity (Wildman–Crippen MR) is 143 cm³/mol. The fourth-order valence-corrected chi connectivity index (χ4v) is 6.44. The molecule has 0 aliphatic carbocycles. The largest absolute Gasteiger partial charge is 0.351 e. The molecule has 0 atom stereocenters. The number of amides is 1. The Kier molecular flexibility index (Phi) is 9.13.